The van der Waals surface area contributed by atoms with Crippen molar-refractivity contribution in [2.24, 2.45) is 0 Å². The number of halogens is 1. The maximum Gasteiger partial charge on any atom is 0.218 e. The maximum absolute atomic E-state index is 13.7. The van der Waals surface area contributed by atoms with Crippen LogP contribution in [0.25, 0.3) is 0 Å². The highest BCUT2D eigenvalue weighted by atomic mass is 19.1. The molecule has 1 aromatic carbocycles. The van der Waals surface area contributed by atoms with Gasteiger partial charge in [-0.25, -0.2) is 9.37 Å². The molecule has 1 heterocycles. The molecule has 0 aliphatic heterocycles. The highest BCUT2D eigenvalue weighted by Gasteiger charge is 2.18. The van der Waals surface area contributed by atoms with Crippen LogP contribution in [0.2, 0.25) is 0 Å². The fourth-order valence-electron chi connectivity index (χ4n) is 2.34. The van der Waals surface area contributed by atoms with Gasteiger partial charge in [0.25, 0.3) is 0 Å². The predicted octanol–water partition coefficient (Wildman–Crippen LogP) is 3.24. The number of pyridine rings is 1. The monoisotopic (exact) mass is 274 g/mol. The van der Waals surface area contributed by atoms with Crippen molar-refractivity contribution in [3.8, 4) is 5.88 Å². The maximum atomic E-state index is 13.7. The number of hydrogen-bond acceptors (Lipinski definition) is 3. The Balaban J connectivity index is 2.50. The third-order valence-corrected chi connectivity index (χ3v) is 3.11. The van der Waals surface area contributed by atoms with Crippen LogP contribution in [-0.4, -0.2) is 18.6 Å². The Morgan fingerprint density at radius 3 is 2.80 bits per heavy atom. The number of methoxy groups -OCH3 is 1. The minimum absolute atomic E-state index is 0.141. The van der Waals surface area contributed by atoms with Gasteiger partial charge in [-0.05, 0) is 42.8 Å². The summed E-state index contributed by atoms with van der Waals surface area (Å²) in [5, 5.41) is 3.36. The van der Waals surface area contributed by atoms with Crippen LogP contribution in [0.5, 0.6) is 5.88 Å². The number of nitrogens with one attached hydrogen (secondary N) is 1. The van der Waals surface area contributed by atoms with E-state index < -0.39 is 0 Å². The summed E-state index contributed by atoms with van der Waals surface area (Å²) in [5.74, 6) is 0.325. The number of aromatic nitrogens is 1. The highest BCUT2D eigenvalue weighted by Crippen LogP contribution is 2.29. The highest BCUT2D eigenvalue weighted by molar-refractivity contribution is 5.39. The topological polar surface area (TPSA) is 34.2 Å². The summed E-state index contributed by atoms with van der Waals surface area (Å²) in [4.78, 5) is 4.21. The Bertz CT molecular complexity index is 566. The van der Waals surface area contributed by atoms with Gasteiger partial charge in [-0.1, -0.05) is 19.1 Å². The molecule has 0 saturated heterocycles. The average Bonchev–Trinajstić information content (AvgIpc) is 2.43. The van der Waals surface area contributed by atoms with E-state index in [1.54, 1.807) is 19.4 Å². The van der Waals surface area contributed by atoms with Gasteiger partial charge in [0.15, 0.2) is 0 Å². The van der Waals surface area contributed by atoms with Gasteiger partial charge in [0.05, 0.1) is 13.2 Å². The predicted molar refractivity (Wildman–Crippen MR) is 77.4 cm³/mol. The molecule has 1 aromatic heterocycles. The van der Waals surface area contributed by atoms with E-state index >= 15 is 0 Å². The summed E-state index contributed by atoms with van der Waals surface area (Å²) in [7, 11) is 1.59. The lowest BCUT2D eigenvalue weighted by Gasteiger charge is -2.21. The molecule has 20 heavy (non-hydrogen) atoms. The summed E-state index contributed by atoms with van der Waals surface area (Å²) in [6.07, 6.45) is 1.68. The minimum atomic E-state index is -0.231. The summed E-state index contributed by atoms with van der Waals surface area (Å²) >= 11 is 0. The van der Waals surface area contributed by atoms with Gasteiger partial charge in [-0.2, -0.15) is 0 Å². The second kappa shape index (κ2) is 6.48. The molecule has 1 unspecified atom stereocenters. The Labute approximate surface area is 118 Å². The minimum Gasteiger partial charge on any atom is -0.481 e. The standard InChI is InChI=1S/C16H19FN2O/c1-4-18-15(12-8-11(2)9-13(17)10-12)14-6-5-7-19-16(14)20-3/h5-10,15,18H,4H2,1-3H3. The molecule has 2 aromatic rings. The molecule has 0 fully saturated rings. The van der Waals surface area contributed by atoms with Crippen molar-refractivity contribution in [3.63, 3.8) is 0 Å². The first-order valence-corrected chi connectivity index (χ1v) is 6.65. The Kier molecular flexibility index (Phi) is 4.69. The molecule has 0 bridgehead atoms. The Hall–Kier alpha value is -1.94. The number of ether oxygens (including phenoxy) is 1. The van der Waals surface area contributed by atoms with E-state index in [4.69, 9.17) is 4.74 Å². The Morgan fingerprint density at radius 1 is 1.35 bits per heavy atom. The molecule has 1 atom stereocenters. The number of nitrogens with zero attached hydrogens (tertiary/aromatic N) is 1. The molecule has 0 saturated carbocycles. The lowest BCUT2D eigenvalue weighted by Crippen LogP contribution is -2.23. The van der Waals surface area contributed by atoms with Crippen molar-refractivity contribution >= 4 is 0 Å². The van der Waals surface area contributed by atoms with Crippen molar-refractivity contribution < 1.29 is 9.13 Å². The SMILES string of the molecule is CCNC(c1cc(C)cc(F)c1)c1cccnc1OC. The van der Waals surface area contributed by atoms with Crippen LogP contribution < -0.4 is 10.1 Å². The van der Waals surface area contributed by atoms with Crippen molar-refractivity contribution in [1.82, 2.24) is 10.3 Å². The van der Waals surface area contributed by atoms with Crippen LogP contribution >= 0.6 is 0 Å². The average molecular weight is 274 g/mol. The number of benzene rings is 1. The third-order valence-electron chi connectivity index (χ3n) is 3.11. The second-order valence-corrected chi connectivity index (χ2v) is 4.65. The number of hydrogen-bond donors (Lipinski definition) is 1. The summed E-state index contributed by atoms with van der Waals surface area (Å²) < 4.78 is 19.0. The molecular weight excluding hydrogens is 255 g/mol. The van der Waals surface area contributed by atoms with Crippen molar-refractivity contribution in [3.05, 3.63) is 59.0 Å². The molecule has 4 heteroatoms. The van der Waals surface area contributed by atoms with Crippen LogP contribution in [0.3, 0.4) is 0 Å². The van der Waals surface area contributed by atoms with Crippen molar-refractivity contribution in [2.75, 3.05) is 13.7 Å². The third kappa shape index (κ3) is 3.14. The molecule has 1 N–H and O–H groups in total. The van der Waals surface area contributed by atoms with Gasteiger partial charge < -0.3 is 10.1 Å². The van der Waals surface area contributed by atoms with Crippen molar-refractivity contribution in [1.29, 1.82) is 0 Å². The zero-order valence-electron chi connectivity index (χ0n) is 12.0. The lowest BCUT2D eigenvalue weighted by molar-refractivity contribution is 0.387. The normalized spacial score (nSPS) is 12.2. The van der Waals surface area contributed by atoms with Crippen LogP contribution in [0.4, 0.5) is 4.39 Å². The van der Waals surface area contributed by atoms with Gasteiger partial charge in [-0.15, -0.1) is 0 Å². The zero-order valence-corrected chi connectivity index (χ0v) is 12.0. The van der Waals surface area contributed by atoms with E-state index in [2.05, 4.69) is 10.3 Å². The van der Waals surface area contributed by atoms with Crippen molar-refractivity contribution in [2.45, 2.75) is 19.9 Å². The molecule has 3 nitrogen and oxygen atoms in total. The summed E-state index contributed by atoms with van der Waals surface area (Å²) in [6.45, 7) is 4.66. The van der Waals surface area contributed by atoms with Gasteiger partial charge in [0.1, 0.15) is 5.82 Å². The van der Waals surface area contributed by atoms with E-state index in [-0.39, 0.29) is 11.9 Å². The largest absolute Gasteiger partial charge is 0.481 e. The van der Waals surface area contributed by atoms with Gasteiger partial charge in [0, 0.05) is 11.8 Å². The van der Waals surface area contributed by atoms with E-state index in [0.717, 1.165) is 23.2 Å². The molecular formula is C16H19FN2O. The van der Waals surface area contributed by atoms with E-state index in [1.165, 1.54) is 6.07 Å². The second-order valence-electron chi connectivity index (χ2n) is 4.65. The molecule has 106 valence electrons. The molecule has 0 aliphatic rings. The first kappa shape index (κ1) is 14.5. The number of rotatable bonds is 5. The number of aryl methyl sites for hydroxylation is 1. The fraction of sp³-hybridized carbons (Fsp3) is 0.312. The van der Waals surface area contributed by atoms with Crippen LogP contribution in [0.1, 0.15) is 29.7 Å². The first-order chi connectivity index (χ1) is 9.65. The molecule has 0 spiro atoms. The fourth-order valence-corrected chi connectivity index (χ4v) is 2.34. The van der Waals surface area contributed by atoms with Gasteiger partial charge in [-0.3, -0.25) is 0 Å². The van der Waals surface area contributed by atoms with Gasteiger partial charge in [0.2, 0.25) is 5.88 Å². The zero-order chi connectivity index (χ0) is 14.5. The van der Waals surface area contributed by atoms with Crippen LogP contribution in [0, 0.1) is 12.7 Å². The van der Waals surface area contributed by atoms with Crippen LogP contribution in [-0.2, 0) is 0 Å². The first-order valence-electron chi connectivity index (χ1n) is 6.65. The quantitative estimate of drug-likeness (QED) is 0.909. The summed E-state index contributed by atoms with van der Waals surface area (Å²) in [5.41, 5.74) is 2.67. The molecule has 2 rings (SSSR count). The van der Waals surface area contributed by atoms with Gasteiger partial charge >= 0.3 is 0 Å². The smallest absolute Gasteiger partial charge is 0.218 e. The van der Waals surface area contributed by atoms with E-state index in [9.17, 15) is 4.39 Å². The van der Waals surface area contributed by atoms with E-state index in [1.807, 2.05) is 32.0 Å². The van der Waals surface area contributed by atoms with Crippen LogP contribution in [0.15, 0.2) is 36.5 Å². The Morgan fingerprint density at radius 2 is 2.15 bits per heavy atom. The van der Waals surface area contributed by atoms with E-state index in [0.29, 0.717) is 5.88 Å². The summed E-state index contributed by atoms with van der Waals surface area (Å²) in [6, 6.07) is 8.70. The molecule has 0 aliphatic carbocycles. The lowest BCUT2D eigenvalue weighted by atomic mass is 9.98. The molecule has 0 radical (unpaired) electrons. The molecule has 0 amide bonds.